The summed E-state index contributed by atoms with van der Waals surface area (Å²) in [6.07, 6.45) is 1.80. The number of hydrogen-bond donors (Lipinski definition) is 2. The number of nitrogens with zero attached hydrogens (tertiary/aromatic N) is 1. The average molecular weight is 235 g/mol. The lowest BCUT2D eigenvalue weighted by atomic mass is 10.0. The van der Waals surface area contributed by atoms with Gasteiger partial charge in [-0.1, -0.05) is 17.7 Å². The maximum Gasteiger partial charge on any atom is 0.186 e. The molecule has 0 bridgehead atoms. The van der Waals surface area contributed by atoms with Crippen LogP contribution < -0.4 is 10.7 Å². The fourth-order valence-electron chi connectivity index (χ4n) is 1.61. The highest BCUT2D eigenvalue weighted by atomic mass is 32.1. The molecule has 16 heavy (non-hydrogen) atoms. The van der Waals surface area contributed by atoms with Crippen molar-refractivity contribution in [3.8, 4) is 0 Å². The number of hydrazone groups is 1. The summed E-state index contributed by atoms with van der Waals surface area (Å²) in [7, 11) is 1.76. The van der Waals surface area contributed by atoms with E-state index in [1.54, 1.807) is 13.3 Å². The van der Waals surface area contributed by atoms with Crippen LogP contribution in [0.4, 0.5) is 0 Å². The van der Waals surface area contributed by atoms with Crippen molar-refractivity contribution >= 4 is 23.5 Å². The van der Waals surface area contributed by atoms with Gasteiger partial charge < -0.3 is 5.32 Å². The molecule has 0 spiro atoms. The van der Waals surface area contributed by atoms with Gasteiger partial charge in [-0.2, -0.15) is 5.10 Å². The summed E-state index contributed by atoms with van der Waals surface area (Å²) in [4.78, 5) is 0. The Bertz CT molecular complexity index is 401. The van der Waals surface area contributed by atoms with Gasteiger partial charge in [0.15, 0.2) is 5.11 Å². The quantitative estimate of drug-likeness (QED) is 0.468. The first-order chi connectivity index (χ1) is 7.54. The molecule has 0 fully saturated rings. The molecular weight excluding hydrogens is 218 g/mol. The van der Waals surface area contributed by atoms with E-state index < -0.39 is 0 Å². The monoisotopic (exact) mass is 235 g/mol. The van der Waals surface area contributed by atoms with Gasteiger partial charge in [-0.3, -0.25) is 5.43 Å². The number of rotatable bonds is 2. The molecule has 1 rings (SSSR count). The Balaban J connectivity index is 2.85. The van der Waals surface area contributed by atoms with Crippen LogP contribution in [0.1, 0.15) is 22.3 Å². The molecule has 0 unspecified atom stereocenters. The van der Waals surface area contributed by atoms with Gasteiger partial charge in [0, 0.05) is 12.6 Å². The minimum atomic E-state index is 0.513. The third kappa shape index (κ3) is 3.31. The Labute approximate surface area is 102 Å². The summed E-state index contributed by atoms with van der Waals surface area (Å²) in [5, 5.41) is 7.39. The molecule has 0 aliphatic carbocycles. The van der Waals surface area contributed by atoms with E-state index in [0.717, 1.165) is 5.56 Å². The molecule has 1 aromatic rings. The van der Waals surface area contributed by atoms with E-state index in [4.69, 9.17) is 12.2 Å². The van der Waals surface area contributed by atoms with Crippen molar-refractivity contribution in [3.05, 3.63) is 34.4 Å². The summed E-state index contributed by atoms with van der Waals surface area (Å²) in [5.41, 5.74) is 7.59. The maximum atomic E-state index is 4.92. The molecule has 0 atom stereocenters. The molecule has 86 valence electrons. The fraction of sp³-hybridized carbons (Fsp3) is 0.333. The Morgan fingerprint density at radius 3 is 2.31 bits per heavy atom. The van der Waals surface area contributed by atoms with E-state index in [1.165, 1.54) is 16.7 Å². The second-order valence-electron chi connectivity index (χ2n) is 3.76. The summed E-state index contributed by atoms with van der Waals surface area (Å²) in [5.74, 6) is 0. The Hall–Kier alpha value is -1.42. The lowest BCUT2D eigenvalue weighted by molar-refractivity contribution is 0.981. The summed E-state index contributed by atoms with van der Waals surface area (Å²) < 4.78 is 0. The maximum absolute atomic E-state index is 4.92. The first-order valence-corrected chi connectivity index (χ1v) is 5.54. The van der Waals surface area contributed by atoms with Gasteiger partial charge in [-0.05, 0) is 44.1 Å². The van der Waals surface area contributed by atoms with Crippen molar-refractivity contribution in [2.45, 2.75) is 20.8 Å². The van der Waals surface area contributed by atoms with Gasteiger partial charge in [-0.25, -0.2) is 0 Å². The van der Waals surface area contributed by atoms with Gasteiger partial charge in [0.25, 0.3) is 0 Å². The van der Waals surface area contributed by atoms with E-state index in [9.17, 15) is 0 Å². The molecule has 0 aliphatic rings. The van der Waals surface area contributed by atoms with E-state index in [-0.39, 0.29) is 0 Å². The van der Waals surface area contributed by atoms with Crippen LogP contribution in [-0.2, 0) is 0 Å². The van der Waals surface area contributed by atoms with Crippen LogP contribution in [0.25, 0.3) is 0 Å². The molecule has 0 aromatic heterocycles. The van der Waals surface area contributed by atoms with E-state index in [0.29, 0.717) is 5.11 Å². The standard InChI is InChI=1S/C12H17N3S/c1-8-5-9(2)11(10(3)6-8)7-14-15-12(16)13-4/h5-7H,1-4H3,(H2,13,15,16). The normalized spacial score (nSPS) is 10.5. The zero-order valence-corrected chi connectivity index (χ0v) is 10.9. The minimum Gasteiger partial charge on any atom is -0.364 e. The molecule has 0 saturated carbocycles. The number of hydrogen-bond acceptors (Lipinski definition) is 2. The predicted octanol–water partition coefficient (Wildman–Crippen LogP) is 2.04. The van der Waals surface area contributed by atoms with Crippen LogP contribution in [0.15, 0.2) is 17.2 Å². The minimum absolute atomic E-state index is 0.513. The molecule has 0 amide bonds. The van der Waals surface area contributed by atoms with Gasteiger partial charge >= 0.3 is 0 Å². The van der Waals surface area contributed by atoms with Gasteiger partial charge in [0.1, 0.15) is 0 Å². The summed E-state index contributed by atoms with van der Waals surface area (Å²) in [6, 6.07) is 4.29. The predicted molar refractivity (Wildman–Crippen MR) is 73.0 cm³/mol. The Morgan fingerprint density at radius 1 is 1.25 bits per heavy atom. The van der Waals surface area contributed by atoms with Crippen LogP contribution >= 0.6 is 12.2 Å². The fourth-order valence-corrected chi connectivity index (χ4v) is 1.66. The molecule has 0 radical (unpaired) electrons. The smallest absolute Gasteiger partial charge is 0.186 e. The molecule has 2 N–H and O–H groups in total. The van der Waals surface area contributed by atoms with Crippen LogP contribution in [0.5, 0.6) is 0 Å². The van der Waals surface area contributed by atoms with E-state index in [2.05, 4.69) is 48.7 Å². The third-order valence-corrected chi connectivity index (χ3v) is 2.62. The molecule has 0 saturated heterocycles. The molecule has 3 nitrogen and oxygen atoms in total. The lowest BCUT2D eigenvalue weighted by Crippen LogP contribution is -2.28. The zero-order valence-electron chi connectivity index (χ0n) is 10.1. The molecular formula is C12H17N3S. The van der Waals surface area contributed by atoms with Crippen molar-refractivity contribution in [2.24, 2.45) is 5.10 Å². The highest BCUT2D eigenvalue weighted by Gasteiger charge is 2.00. The zero-order chi connectivity index (χ0) is 12.1. The van der Waals surface area contributed by atoms with Crippen molar-refractivity contribution in [1.29, 1.82) is 0 Å². The summed E-state index contributed by atoms with van der Waals surface area (Å²) >= 11 is 4.92. The van der Waals surface area contributed by atoms with Gasteiger partial charge in [-0.15, -0.1) is 0 Å². The van der Waals surface area contributed by atoms with Gasteiger partial charge in [0.2, 0.25) is 0 Å². The third-order valence-electron chi connectivity index (χ3n) is 2.32. The lowest BCUT2D eigenvalue weighted by Gasteiger charge is -2.06. The number of thiocarbonyl (C=S) groups is 1. The SMILES string of the molecule is CNC(=S)NN=Cc1c(C)cc(C)cc1C. The second-order valence-corrected chi connectivity index (χ2v) is 4.17. The molecule has 0 heterocycles. The van der Waals surface area contributed by atoms with Crippen molar-refractivity contribution in [3.63, 3.8) is 0 Å². The summed E-state index contributed by atoms with van der Waals surface area (Å²) in [6.45, 7) is 6.25. The van der Waals surface area contributed by atoms with Crippen LogP contribution in [0.3, 0.4) is 0 Å². The average Bonchev–Trinajstić information content (AvgIpc) is 2.21. The van der Waals surface area contributed by atoms with Crippen molar-refractivity contribution in [2.75, 3.05) is 7.05 Å². The topological polar surface area (TPSA) is 36.4 Å². The van der Waals surface area contributed by atoms with Crippen LogP contribution in [0.2, 0.25) is 0 Å². The van der Waals surface area contributed by atoms with E-state index in [1.807, 2.05) is 0 Å². The van der Waals surface area contributed by atoms with Crippen molar-refractivity contribution < 1.29 is 0 Å². The van der Waals surface area contributed by atoms with Crippen LogP contribution in [0, 0.1) is 20.8 Å². The molecule has 4 heteroatoms. The number of benzene rings is 1. The first-order valence-electron chi connectivity index (χ1n) is 5.13. The van der Waals surface area contributed by atoms with E-state index >= 15 is 0 Å². The second kappa shape index (κ2) is 5.61. The van der Waals surface area contributed by atoms with Gasteiger partial charge in [0.05, 0.1) is 6.21 Å². The number of nitrogens with one attached hydrogen (secondary N) is 2. The Kier molecular flexibility index (Phi) is 4.43. The number of aryl methyl sites for hydroxylation is 3. The highest BCUT2D eigenvalue weighted by molar-refractivity contribution is 7.80. The Morgan fingerprint density at radius 2 is 1.81 bits per heavy atom. The van der Waals surface area contributed by atoms with Crippen LogP contribution in [-0.4, -0.2) is 18.4 Å². The van der Waals surface area contributed by atoms with Crippen molar-refractivity contribution in [1.82, 2.24) is 10.7 Å². The molecule has 0 aliphatic heterocycles. The largest absolute Gasteiger partial charge is 0.364 e. The highest BCUT2D eigenvalue weighted by Crippen LogP contribution is 2.13. The first kappa shape index (κ1) is 12.6. The molecule has 1 aromatic carbocycles.